The average Bonchev–Trinajstić information content (AvgIpc) is 3.14. The minimum absolute atomic E-state index is 0.0745. The molecule has 0 saturated heterocycles. The number of carbonyl (C=O) groups is 1. The molecule has 3 rings (SSSR count). The van der Waals surface area contributed by atoms with Crippen LogP contribution >= 0.6 is 23.1 Å². The van der Waals surface area contributed by atoms with Gasteiger partial charge in [0.1, 0.15) is 5.75 Å². The Balaban J connectivity index is 1.46. The summed E-state index contributed by atoms with van der Waals surface area (Å²) in [5.74, 6) is 1.52. The Morgan fingerprint density at radius 1 is 1.26 bits per heavy atom. The Kier molecular flexibility index (Phi) is 7.34. The lowest BCUT2D eigenvalue weighted by atomic mass is 9.89. The minimum atomic E-state index is -0.185. The van der Waals surface area contributed by atoms with Gasteiger partial charge in [-0.1, -0.05) is 42.4 Å². The van der Waals surface area contributed by atoms with Crippen LogP contribution in [0.4, 0.5) is 10.8 Å². The summed E-state index contributed by atoms with van der Waals surface area (Å²) in [6.07, 6.45) is 6.39. The number of thioether (sulfide) groups is 1. The number of aromatic nitrogens is 2. The molecule has 8 heteroatoms. The summed E-state index contributed by atoms with van der Waals surface area (Å²) in [7, 11) is 1.64. The van der Waals surface area contributed by atoms with Crippen molar-refractivity contribution < 1.29 is 9.53 Å². The third kappa shape index (κ3) is 6.10. The normalized spacial score (nSPS) is 15.9. The van der Waals surface area contributed by atoms with Crippen LogP contribution in [0, 0.1) is 5.92 Å². The van der Waals surface area contributed by atoms with E-state index in [1.165, 1.54) is 55.2 Å². The predicted octanol–water partition coefficient (Wildman–Crippen LogP) is 4.47. The van der Waals surface area contributed by atoms with Gasteiger partial charge in [0.25, 0.3) is 0 Å². The molecule has 1 aliphatic rings. The van der Waals surface area contributed by atoms with Gasteiger partial charge in [-0.2, -0.15) is 0 Å². The summed E-state index contributed by atoms with van der Waals surface area (Å²) in [5.41, 5.74) is 0.918. The standard InChI is InChI=1S/C19H26N4O2S2/c1-13(17(24)20-12-14-6-4-3-5-7-14)26-19-23-22-18(27-19)21-15-8-10-16(25-2)11-9-15/h8-11,13-14H,3-7,12H2,1-2H3,(H,20,24)(H,21,22)/t13-/m1/s1. The van der Waals surface area contributed by atoms with E-state index in [2.05, 4.69) is 20.8 Å². The van der Waals surface area contributed by atoms with Crippen molar-refractivity contribution in [3.8, 4) is 5.75 Å². The molecule has 1 aromatic heterocycles. The quantitative estimate of drug-likeness (QED) is 0.630. The summed E-state index contributed by atoms with van der Waals surface area (Å²) in [6.45, 7) is 2.71. The van der Waals surface area contributed by atoms with Gasteiger partial charge in [0.2, 0.25) is 11.0 Å². The molecule has 1 atom stereocenters. The third-order valence-electron chi connectivity index (χ3n) is 4.68. The van der Waals surface area contributed by atoms with Gasteiger partial charge < -0.3 is 15.4 Å². The van der Waals surface area contributed by atoms with Crippen LogP contribution in [-0.4, -0.2) is 35.0 Å². The number of amides is 1. The number of hydrogen-bond acceptors (Lipinski definition) is 7. The second kappa shape index (κ2) is 9.94. The molecular formula is C19H26N4O2S2. The van der Waals surface area contributed by atoms with Crippen LogP contribution in [0.3, 0.4) is 0 Å². The number of nitrogens with one attached hydrogen (secondary N) is 2. The topological polar surface area (TPSA) is 76.1 Å². The van der Waals surface area contributed by atoms with Gasteiger partial charge in [0.05, 0.1) is 12.4 Å². The zero-order chi connectivity index (χ0) is 19.1. The summed E-state index contributed by atoms with van der Waals surface area (Å²) >= 11 is 2.90. The van der Waals surface area contributed by atoms with E-state index < -0.39 is 0 Å². The Bertz CT molecular complexity index is 730. The van der Waals surface area contributed by atoms with Crippen molar-refractivity contribution in [1.29, 1.82) is 0 Å². The van der Waals surface area contributed by atoms with E-state index in [-0.39, 0.29) is 11.2 Å². The second-order valence-electron chi connectivity index (χ2n) is 6.74. The largest absolute Gasteiger partial charge is 0.497 e. The summed E-state index contributed by atoms with van der Waals surface area (Å²) in [4.78, 5) is 12.3. The van der Waals surface area contributed by atoms with E-state index in [0.717, 1.165) is 22.3 Å². The maximum absolute atomic E-state index is 12.3. The van der Waals surface area contributed by atoms with Gasteiger partial charge in [-0.3, -0.25) is 4.79 Å². The first-order valence-corrected chi connectivity index (χ1v) is 11.0. The molecule has 0 bridgehead atoms. The van der Waals surface area contributed by atoms with Crippen LogP contribution in [-0.2, 0) is 4.79 Å². The van der Waals surface area contributed by atoms with Crippen molar-refractivity contribution in [2.75, 3.05) is 19.0 Å². The lowest BCUT2D eigenvalue weighted by molar-refractivity contribution is -0.120. The number of rotatable bonds is 8. The zero-order valence-corrected chi connectivity index (χ0v) is 17.4. The molecule has 0 aliphatic heterocycles. The van der Waals surface area contributed by atoms with Crippen LogP contribution in [0.15, 0.2) is 28.6 Å². The molecule has 1 saturated carbocycles. The summed E-state index contributed by atoms with van der Waals surface area (Å²) in [6, 6.07) is 7.62. The fourth-order valence-corrected chi connectivity index (χ4v) is 5.03. The highest BCUT2D eigenvalue weighted by Crippen LogP contribution is 2.31. The summed E-state index contributed by atoms with van der Waals surface area (Å²) < 4.78 is 5.94. The van der Waals surface area contributed by atoms with Gasteiger partial charge in [0.15, 0.2) is 4.34 Å². The van der Waals surface area contributed by atoms with Crippen LogP contribution in [0.2, 0.25) is 0 Å². The minimum Gasteiger partial charge on any atom is -0.497 e. The lowest BCUT2D eigenvalue weighted by Gasteiger charge is -2.22. The van der Waals surface area contributed by atoms with Gasteiger partial charge in [-0.25, -0.2) is 0 Å². The van der Waals surface area contributed by atoms with E-state index in [1.54, 1.807) is 7.11 Å². The van der Waals surface area contributed by atoms with E-state index in [1.807, 2.05) is 31.2 Å². The van der Waals surface area contributed by atoms with Gasteiger partial charge in [0, 0.05) is 12.2 Å². The highest BCUT2D eigenvalue weighted by Gasteiger charge is 2.19. The second-order valence-corrected chi connectivity index (χ2v) is 9.30. The predicted molar refractivity (Wildman–Crippen MR) is 111 cm³/mol. The van der Waals surface area contributed by atoms with Gasteiger partial charge >= 0.3 is 0 Å². The molecular weight excluding hydrogens is 380 g/mol. The molecule has 1 fully saturated rings. The monoisotopic (exact) mass is 406 g/mol. The van der Waals surface area contributed by atoms with Crippen molar-refractivity contribution in [2.24, 2.45) is 5.92 Å². The molecule has 146 valence electrons. The number of hydrogen-bond donors (Lipinski definition) is 2. The lowest BCUT2D eigenvalue weighted by Crippen LogP contribution is -2.35. The maximum atomic E-state index is 12.3. The van der Waals surface area contributed by atoms with E-state index >= 15 is 0 Å². The zero-order valence-electron chi connectivity index (χ0n) is 15.7. The Hall–Kier alpha value is -1.80. The molecule has 6 nitrogen and oxygen atoms in total. The molecule has 0 radical (unpaired) electrons. The number of carbonyl (C=O) groups excluding carboxylic acids is 1. The van der Waals surface area contributed by atoms with Crippen molar-refractivity contribution in [2.45, 2.75) is 48.6 Å². The molecule has 0 unspecified atom stereocenters. The maximum Gasteiger partial charge on any atom is 0.233 e. The van der Waals surface area contributed by atoms with Crippen molar-refractivity contribution in [1.82, 2.24) is 15.5 Å². The molecule has 2 aromatic rings. The van der Waals surface area contributed by atoms with Gasteiger partial charge in [-0.05, 0) is 49.9 Å². The highest BCUT2D eigenvalue weighted by molar-refractivity contribution is 8.02. The van der Waals surface area contributed by atoms with Crippen molar-refractivity contribution in [3.63, 3.8) is 0 Å². The molecule has 0 spiro atoms. The fourth-order valence-electron chi connectivity index (χ4n) is 3.09. The Morgan fingerprint density at radius 2 is 2.00 bits per heavy atom. The average molecular weight is 407 g/mol. The third-order valence-corrected chi connectivity index (χ3v) is 6.71. The first kappa shape index (κ1) is 19.9. The number of ether oxygens (including phenoxy) is 1. The molecule has 1 heterocycles. The highest BCUT2D eigenvalue weighted by atomic mass is 32.2. The summed E-state index contributed by atoms with van der Waals surface area (Å²) in [5, 5.41) is 15.2. The van der Waals surface area contributed by atoms with E-state index in [9.17, 15) is 4.79 Å². The van der Waals surface area contributed by atoms with Crippen LogP contribution < -0.4 is 15.4 Å². The van der Waals surface area contributed by atoms with Crippen molar-refractivity contribution >= 4 is 39.8 Å². The number of anilines is 2. The Labute approximate surface area is 168 Å². The van der Waals surface area contributed by atoms with E-state index in [0.29, 0.717) is 11.0 Å². The van der Waals surface area contributed by atoms with Crippen LogP contribution in [0.1, 0.15) is 39.0 Å². The van der Waals surface area contributed by atoms with Crippen molar-refractivity contribution in [3.05, 3.63) is 24.3 Å². The smallest absolute Gasteiger partial charge is 0.233 e. The van der Waals surface area contributed by atoms with E-state index in [4.69, 9.17) is 4.74 Å². The molecule has 1 amide bonds. The molecule has 1 aliphatic carbocycles. The van der Waals surface area contributed by atoms with Crippen LogP contribution in [0.25, 0.3) is 0 Å². The van der Waals surface area contributed by atoms with Gasteiger partial charge in [-0.15, -0.1) is 10.2 Å². The van der Waals surface area contributed by atoms with Crippen LogP contribution in [0.5, 0.6) is 5.75 Å². The molecule has 2 N–H and O–H groups in total. The first-order valence-electron chi connectivity index (χ1n) is 9.33. The molecule has 27 heavy (non-hydrogen) atoms. The number of nitrogens with zero attached hydrogens (tertiary/aromatic N) is 2. The Morgan fingerprint density at radius 3 is 2.70 bits per heavy atom. The first-order chi connectivity index (χ1) is 13.1. The molecule has 1 aromatic carbocycles. The number of benzene rings is 1. The fraction of sp³-hybridized carbons (Fsp3) is 0.526. The number of methoxy groups -OCH3 is 1. The SMILES string of the molecule is COc1ccc(Nc2nnc(S[C@H](C)C(=O)NCC3CCCCC3)s2)cc1.